The lowest BCUT2D eigenvalue weighted by molar-refractivity contribution is -0.117. The summed E-state index contributed by atoms with van der Waals surface area (Å²) in [7, 11) is 0. The number of hydrogen-bond donors (Lipinski definition) is 0. The molecule has 0 aliphatic carbocycles. The molecule has 1 saturated heterocycles. The first-order valence-corrected chi connectivity index (χ1v) is 7.64. The van der Waals surface area contributed by atoms with E-state index in [1.54, 1.807) is 4.90 Å². The maximum absolute atomic E-state index is 12.1. The number of nitrogens with zero attached hydrogens (tertiary/aromatic N) is 6. The first-order chi connectivity index (χ1) is 11.8. The predicted octanol–water partition coefficient (Wildman–Crippen LogP) is 4.77. The lowest BCUT2D eigenvalue weighted by Gasteiger charge is -2.16. The van der Waals surface area contributed by atoms with Crippen molar-refractivity contribution < 1.29 is 4.79 Å². The van der Waals surface area contributed by atoms with E-state index >= 15 is 0 Å². The van der Waals surface area contributed by atoms with Gasteiger partial charge in [-0.3, -0.25) is 4.79 Å². The van der Waals surface area contributed by atoms with Crippen molar-refractivity contribution in [3.05, 3.63) is 65.0 Å². The van der Waals surface area contributed by atoms with Gasteiger partial charge in [0.2, 0.25) is 5.91 Å². The molecule has 3 rings (SSSR count). The van der Waals surface area contributed by atoms with Gasteiger partial charge >= 0.3 is 0 Å². The summed E-state index contributed by atoms with van der Waals surface area (Å²) in [6.45, 7) is 0.921. The Bertz CT molecular complexity index is 780. The maximum Gasteiger partial charge on any atom is 0.227 e. The maximum atomic E-state index is 12.1. The van der Waals surface area contributed by atoms with Crippen LogP contribution in [0, 0.1) is 5.92 Å². The van der Waals surface area contributed by atoms with Gasteiger partial charge in [0.05, 0.1) is 11.4 Å². The van der Waals surface area contributed by atoms with Crippen LogP contribution in [-0.4, -0.2) is 19.0 Å². The van der Waals surface area contributed by atoms with Gasteiger partial charge in [-0.1, -0.05) is 23.3 Å². The van der Waals surface area contributed by atoms with E-state index in [4.69, 9.17) is 5.53 Å². The highest BCUT2D eigenvalue weighted by Crippen LogP contribution is 2.27. The second-order valence-electron chi connectivity index (χ2n) is 5.54. The molecule has 1 atom stereocenters. The Morgan fingerprint density at radius 3 is 2.38 bits per heavy atom. The van der Waals surface area contributed by atoms with Crippen LogP contribution in [0.3, 0.4) is 0 Å². The first-order valence-electron chi connectivity index (χ1n) is 7.64. The molecule has 0 spiro atoms. The van der Waals surface area contributed by atoms with Crippen molar-refractivity contribution in [1.82, 2.24) is 0 Å². The number of azide groups is 1. The zero-order valence-electron chi connectivity index (χ0n) is 13.0. The summed E-state index contributed by atoms with van der Waals surface area (Å²) in [5, 5.41) is 11.9. The van der Waals surface area contributed by atoms with Crippen LogP contribution in [0.5, 0.6) is 0 Å². The van der Waals surface area contributed by atoms with Crippen LogP contribution in [0.2, 0.25) is 0 Å². The van der Waals surface area contributed by atoms with Crippen LogP contribution in [0.1, 0.15) is 6.42 Å². The standard InChI is InChI=1S/C17H16N6O/c18-22-19-11-13-10-17(24)23(12-13)16-8-6-15(7-9-16)21-20-14-4-2-1-3-5-14/h1-9,13H,10-12H2. The molecule has 1 aliphatic heterocycles. The fourth-order valence-electron chi connectivity index (χ4n) is 2.61. The monoisotopic (exact) mass is 320 g/mol. The predicted molar refractivity (Wildman–Crippen MR) is 91.5 cm³/mol. The summed E-state index contributed by atoms with van der Waals surface area (Å²) >= 11 is 0. The summed E-state index contributed by atoms with van der Waals surface area (Å²) in [5.41, 5.74) is 10.7. The van der Waals surface area contributed by atoms with E-state index in [9.17, 15) is 4.79 Å². The molecule has 0 saturated carbocycles. The Labute approximate surface area is 139 Å². The molecular formula is C17H16N6O. The third kappa shape index (κ3) is 3.77. The Morgan fingerprint density at radius 2 is 1.71 bits per heavy atom. The Balaban J connectivity index is 1.67. The molecule has 2 aromatic carbocycles. The van der Waals surface area contributed by atoms with Crippen LogP contribution in [-0.2, 0) is 4.79 Å². The van der Waals surface area contributed by atoms with Crippen molar-refractivity contribution >= 4 is 23.0 Å². The topological polar surface area (TPSA) is 93.8 Å². The van der Waals surface area contributed by atoms with Gasteiger partial charge < -0.3 is 4.90 Å². The summed E-state index contributed by atoms with van der Waals surface area (Å²) in [6.07, 6.45) is 0.411. The lowest BCUT2D eigenvalue weighted by Crippen LogP contribution is -2.24. The molecule has 1 fully saturated rings. The highest BCUT2D eigenvalue weighted by Gasteiger charge is 2.29. The van der Waals surface area contributed by atoms with E-state index in [1.807, 2.05) is 54.6 Å². The van der Waals surface area contributed by atoms with Crippen LogP contribution >= 0.6 is 0 Å². The van der Waals surface area contributed by atoms with Crippen molar-refractivity contribution in [2.75, 3.05) is 18.0 Å². The molecular weight excluding hydrogens is 304 g/mol. The van der Waals surface area contributed by atoms with Crippen molar-refractivity contribution in [3.63, 3.8) is 0 Å². The van der Waals surface area contributed by atoms with Gasteiger partial charge in [0.15, 0.2) is 0 Å². The fourth-order valence-corrected chi connectivity index (χ4v) is 2.61. The van der Waals surface area contributed by atoms with Crippen molar-refractivity contribution in [2.24, 2.45) is 21.3 Å². The minimum absolute atomic E-state index is 0.0480. The van der Waals surface area contributed by atoms with Gasteiger partial charge in [0.25, 0.3) is 0 Å². The fraction of sp³-hybridized carbons (Fsp3) is 0.235. The zero-order chi connectivity index (χ0) is 16.8. The molecule has 0 radical (unpaired) electrons. The molecule has 1 aliphatic rings. The second kappa shape index (κ2) is 7.39. The summed E-state index contributed by atoms with van der Waals surface area (Å²) in [6, 6.07) is 16.9. The average molecular weight is 320 g/mol. The molecule has 2 aromatic rings. The van der Waals surface area contributed by atoms with Crippen LogP contribution in [0.25, 0.3) is 10.4 Å². The van der Waals surface area contributed by atoms with Gasteiger partial charge in [-0.2, -0.15) is 10.2 Å². The van der Waals surface area contributed by atoms with Gasteiger partial charge in [-0.15, -0.1) is 0 Å². The number of anilines is 1. The van der Waals surface area contributed by atoms with E-state index in [2.05, 4.69) is 20.3 Å². The third-order valence-corrected chi connectivity index (χ3v) is 3.81. The normalized spacial score (nSPS) is 17.2. The summed E-state index contributed by atoms with van der Waals surface area (Å²) < 4.78 is 0. The molecule has 0 N–H and O–H groups in total. The SMILES string of the molecule is [N-]=[N+]=NCC1CC(=O)N(c2ccc(N=Nc3ccccc3)cc2)C1. The molecule has 7 heteroatoms. The van der Waals surface area contributed by atoms with Gasteiger partial charge in [0.1, 0.15) is 0 Å². The highest BCUT2D eigenvalue weighted by molar-refractivity contribution is 5.95. The molecule has 0 bridgehead atoms. The van der Waals surface area contributed by atoms with Gasteiger partial charge in [-0.25, -0.2) is 0 Å². The minimum Gasteiger partial charge on any atom is -0.312 e. The Morgan fingerprint density at radius 1 is 1.04 bits per heavy atom. The molecule has 1 unspecified atom stereocenters. The lowest BCUT2D eigenvalue weighted by atomic mass is 10.1. The largest absolute Gasteiger partial charge is 0.312 e. The van der Waals surface area contributed by atoms with Crippen LogP contribution < -0.4 is 4.90 Å². The van der Waals surface area contributed by atoms with E-state index in [0.29, 0.717) is 19.5 Å². The van der Waals surface area contributed by atoms with Gasteiger partial charge in [0, 0.05) is 30.1 Å². The first kappa shape index (κ1) is 15.7. The molecule has 0 aromatic heterocycles. The number of amides is 1. The molecule has 1 amide bonds. The number of carbonyl (C=O) groups is 1. The number of hydrogen-bond acceptors (Lipinski definition) is 4. The Hall–Kier alpha value is -3.18. The van der Waals surface area contributed by atoms with E-state index in [-0.39, 0.29) is 11.8 Å². The smallest absolute Gasteiger partial charge is 0.227 e. The average Bonchev–Trinajstić information content (AvgIpc) is 3.00. The quantitative estimate of drug-likeness (QED) is 0.443. The Kier molecular flexibility index (Phi) is 4.84. The van der Waals surface area contributed by atoms with E-state index in [0.717, 1.165) is 17.1 Å². The molecule has 120 valence electrons. The second-order valence-corrected chi connectivity index (χ2v) is 5.54. The number of azo groups is 1. The number of benzene rings is 2. The van der Waals surface area contributed by atoms with Crippen LogP contribution in [0.15, 0.2) is 69.9 Å². The van der Waals surface area contributed by atoms with Crippen LogP contribution in [0.4, 0.5) is 17.1 Å². The third-order valence-electron chi connectivity index (χ3n) is 3.81. The minimum atomic E-state index is 0.0480. The molecule has 24 heavy (non-hydrogen) atoms. The van der Waals surface area contributed by atoms with E-state index < -0.39 is 0 Å². The van der Waals surface area contributed by atoms with Crippen molar-refractivity contribution in [3.8, 4) is 0 Å². The number of rotatable bonds is 5. The molecule has 7 nitrogen and oxygen atoms in total. The summed E-state index contributed by atoms with van der Waals surface area (Å²) in [4.78, 5) is 16.6. The van der Waals surface area contributed by atoms with Gasteiger partial charge in [-0.05, 0) is 47.8 Å². The highest BCUT2D eigenvalue weighted by atomic mass is 16.2. The van der Waals surface area contributed by atoms with Crippen molar-refractivity contribution in [1.29, 1.82) is 0 Å². The number of carbonyl (C=O) groups excluding carboxylic acids is 1. The zero-order valence-corrected chi connectivity index (χ0v) is 13.0. The van der Waals surface area contributed by atoms with Crippen molar-refractivity contribution in [2.45, 2.75) is 6.42 Å². The summed E-state index contributed by atoms with van der Waals surface area (Å²) in [5.74, 6) is 0.123. The molecule has 1 heterocycles. The van der Waals surface area contributed by atoms with E-state index in [1.165, 1.54) is 0 Å².